The normalized spacial score (nSPS) is 16.0. The number of amides is 2. The molecule has 1 saturated heterocycles. The van der Waals surface area contributed by atoms with Crippen molar-refractivity contribution in [2.24, 2.45) is 5.92 Å². The van der Waals surface area contributed by atoms with Gasteiger partial charge in [0.15, 0.2) is 0 Å². The number of carbonyl (C=O) groups excluding carboxylic acids is 2. The van der Waals surface area contributed by atoms with Crippen LogP contribution < -0.4 is 15.4 Å². The molecule has 0 bridgehead atoms. The van der Waals surface area contributed by atoms with Crippen LogP contribution in [0.5, 0.6) is 5.75 Å². The van der Waals surface area contributed by atoms with Gasteiger partial charge in [-0.2, -0.15) is 0 Å². The Labute approximate surface area is 255 Å². The van der Waals surface area contributed by atoms with Crippen LogP contribution in [-0.2, 0) is 9.53 Å². The topological polar surface area (TPSA) is 109 Å². The number of nitrogens with zero attached hydrogens (tertiary/aromatic N) is 4. The van der Waals surface area contributed by atoms with Crippen molar-refractivity contribution in [2.75, 3.05) is 50.0 Å². The second-order valence-electron chi connectivity index (χ2n) is 11.8. The Bertz CT molecular complexity index is 1520. The zero-order valence-corrected chi connectivity index (χ0v) is 25.3. The minimum Gasteiger partial charge on any atom is -0.491 e. The molecule has 0 radical (unpaired) electrons. The summed E-state index contributed by atoms with van der Waals surface area (Å²) in [7, 11) is 0. The van der Waals surface area contributed by atoms with Crippen molar-refractivity contribution in [2.45, 2.75) is 39.2 Å². The average molecular weight is 611 g/mol. The van der Waals surface area contributed by atoms with Gasteiger partial charge in [-0.15, -0.1) is 0 Å². The number of fused-ring (bicyclic) bond motifs is 1. The van der Waals surface area contributed by atoms with E-state index >= 15 is 0 Å². The maximum atomic E-state index is 13.7. The number of carbonyl (C=O) groups is 2. The number of hydrogen-bond donors (Lipinski definition) is 2. The van der Waals surface area contributed by atoms with Gasteiger partial charge in [-0.1, -0.05) is 17.7 Å². The Balaban J connectivity index is 1.25. The van der Waals surface area contributed by atoms with Crippen LogP contribution in [0.1, 0.15) is 33.6 Å². The first kappa shape index (κ1) is 30.5. The molecule has 3 aromatic rings. The lowest BCUT2D eigenvalue weighted by Crippen LogP contribution is -2.49. The summed E-state index contributed by atoms with van der Waals surface area (Å²) in [5, 5.41) is 6.73. The highest BCUT2D eigenvalue weighted by atomic mass is 35.5. The minimum atomic E-state index is -0.528. The van der Waals surface area contributed by atoms with E-state index in [4.69, 9.17) is 21.1 Å². The Kier molecular flexibility index (Phi) is 9.31. The fraction of sp³-hybridized carbons (Fsp3) is 0.419. The molecule has 1 aromatic heterocycles. The maximum Gasteiger partial charge on any atom is 0.410 e. The lowest BCUT2D eigenvalue weighted by molar-refractivity contribution is -0.111. The summed E-state index contributed by atoms with van der Waals surface area (Å²) in [5.41, 5.74) is 1.14. The SMILES string of the molecule is CC(C)(C)OC(=O)N1CCN(C/C=C/C(=O)Nc2cc3c(Nc4ccc(F)c(Cl)c4)ncnc3cc2OCC2CC2)CC1. The molecule has 2 heterocycles. The molecular weight excluding hydrogens is 575 g/mol. The summed E-state index contributed by atoms with van der Waals surface area (Å²) >= 11 is 5.96. The second kappa shape index (κ2) is 13.1. The number of hydrogen-bond acceptors (Lipinski definition) is 8. The number of anilines is 3. The van der Waals surface area contributed by atoms with Crippen molar-refractivity contribution >= 4 is 51.7 Å². The van der Waals surface area contributed by atoms with E-state index in [0.717, 1.165) is 12.8 Å². The van der Waals surface area contributed by atoms with E-state index in [1.807, 2.05) is 20.8 Å². The van der Waals surface area contributed by atoms with E-state index in [2.05, 4.69) is 25.5 Å². The van der Waals surface area contributed by atoms with Crippen LogP contribution in [0.15, 0.2) is 48.8 Å². The van der Waals surface area contributed by atoms with Gasteiger partial charge in [0.2, 0.25) is 5.91 Å². The molecule has 5 rings (SSSR count). The maximum absolute atomic E-state index is 13.7. The molecule has 0 spiro atoms. The van der Waals surface area contributed by atoms with Crippen molar-refractivity contribution in [1.82, 2.24) is 19.8 Å². The van der Waals surface area contributed by atoms with Gasteiger partial charge >= 0.3 is 6.09 Å². The molecule has 2 amide bonds. The summed E-state index contributed by atoms with van der Waals surface area (Å²) in [5.74, 6) is 0.686. The monoisotopic (exact) mass is 610 g/mol. The minimum absolute atomic E-state index is 0.0104. The fourth-order valence-electron chi connectivity index (χ4n) is 4.53. The highest BCUT2D eigenvalue weighted by Crippen LogP contribution is 2.36. The van der Waals surface area contributed by atoms with Gasteiger partial charge in [-0.3, -0.25) is 9.69 Å². The predicted molar refractivity (Wildman–Crippen MR) is 164 cm³/mol. The number of piperazine rings is 1. The third kappa shape index (κ3) is 8.55. The average Bonchev–Trinajstić information content (AvgIpc) is 3.78. The summed E-state index contributed by atoms with van der Waals surface area (Å²) in [4.78, 5) is 37.9. The zero-order chi connectivity index (χ0) is 30.6. The standard InChI is InChI=1S/C31H36ClFN6O4/c1-31(2,3)43-30(41)39-13-11-38(12-14-39)10-4-5-28(40)37-26-16-22-25(17-27(26)42-18-20-6-7-20)34-19-35-29(22)36-21-8-9-24(33)23(32)15-21/h4-5,8-9,15-17,19-20H,6-7,10-14,18H2,1-3H3,(H,37,40)(H,34,35,36)/b5-4+. The molecule has 228 valence electrons. The molecule has 2 N–H and O–H groups in total. The Hall–Kier alpha value is -3.96. The highest BCUT2D eigenvalue weighted by Gasteiger charge is 2.26. The Morgan fingerprint density at radius 3 is 2.58 bits per heavy atom. The lowest BCUT2D eigenvalue weighted by Gasteiger charge is -2.35. The summed E-state index contributed by atoms with van der Waals surface area (Å²) in [6.45, 7) is 9.19. The number of halogens is 2. The summed E-state index contributed by atoms with van der Waals surface area (Å²) in [6, 6.07) is 7.87. The first-order valence-electron chi connectivity index (χ1n) is 14.4. The van der Waals surface area contributed by atoms with E-state index in [1.54, 1.807) is 29.2 Å². The largest absolute Gasteiger partial charge is 0.491 e. The van der Waals surface area contributed by atoms with Crippen LogP contribution in [0.4, 0.5) is 26.4 Å². The van der Waals surface area contributed by atoms with Crippen LogP contribution >= 0.6 is 11.6 Å². The van der Waals surface area contributed by atoms with Gasteiger partial charge in [0.05, 0.1) is 22.8 Å². The molecule has 43 heavy (non-hydrogen) atoms. The molecule has 2 aliphatic rings. The Morgan fingerprint density at radius 2 is 1.88 bits per heavy atom. The molecule has 2 aromatic carbocycles. The van der Waals surface area contributed by atoms with Gasteiger partial charge in [-0.25, -0.2) is 19.2 Å². The number of nitrogens with one attached hydrogen (secondary N) is 2. The molecule has 0 atom stereocenters. The van der Waals surface area contributed by atoms with Crippen LogP contribution in [0.25, 0.3) is 10.9 Å². The number of rotatable bonds is 9. The van der Waals surface area contributed by atoms with Gasteiger partial charge in [-0.05, 0) is 63.8 Å². The molecule has 12 heteroatoms. The van der Waals surface area contributed by atoms with E-state index in [9.17, 15) is 14.0 Å². The van der Waals surface area contributed by atoms with Crippen LogP contribution in [0.3, 0.4) is 0 Å². The lowest BCUT2D eigenvalue weighted by atomic mass is 10.1. The van der Waals surface area contributed by atoms with E-state index < -0.39 is 11.4 Å². The molecule has 10 nitrogen and oxygen atoms in total. The number of benzene rings is 2. The third-order valence-corrected chi connectivity index (χ3v) is 7.29. The van der Waals surface area contributed by atoms with Crippen molar-refractivity contribution < 1.29 is 23.5 Å². The van der Waals surface area contributed by atoms with Crippen molar-refractivity contribution in [3.63, 3.8) is 0 Å². The van der Waals surface area contributed by atoms with E-state index in [1.165, 1.54) is 24.5 Å². The quantitative estimate of drug-likeness (QED) is 0.284. The van der Waals surface area contributed by atoms with Crippen LogP contribution in [-0.4, -0.2) is 76.7 Å². The molecule has 2 fully saturated rings. The van der Waals surface area contributed by atoms with Crippen molar-refractivity contribution in [1.29, 1.82) is 0 Å². The first-order valence-corrected chi connectivity index (χ1v) is 14.7. The van der Waals surface area contributed by atoms with Crippen molar-refractivity contribution in [3.8, 4) is 5.75 Å². The first-order chi connectivity index (χ1) is 20.5. The Morgan fingerprint density at radius 1 is 1.12 bits per heavy atom. The predicted octanol–water partition coefficient (Wildman–Crippen LogP) is 6.00. The molecular formula is C31H36ClFN6O4. The molecule has 0 unspecified atom stereocenters. The smallest absolute Gasteiger partial charge is 0.410 e. The molecule has 1 saturated carbocycles. The number of aromatic nitrogens is 2. The summed E-state index contributed by atoms with van der Waals surface area (Å²) in [6.07, 6.45) is 6.67. The molecule has 1 aliphatic carbocycles. The van der Waals surface area contributed by atoms with Crippen LogP contribution in [0.2, 0.25) is 5.02 Å². The van der Waals surface area contributed by atoms with E-state index in [0.29, 0.717) is 79.1 Å². The van der Waals surface area contributed by atoms with Gasteiger partial charge in [0.1, 0.15) is 29.3 Å². The second-order valence-corrected chi connectivity index (χ2v) is 12.2. The van der Waals surface area contributed by atoms with Gasteiger partial charge < -0.3 is 25.0 Å². The third-order valence-electron chi connectivity index (χ3n) is 7.01. The molecule has 1 aliphatic heterocycles. The summed E-state index contributed by atoms with van der Waals surface area (Å²) < 4.78 is 25.2. The highest BCUT2D eigenvalue weighted by molar-refractivity contribution is 6.31. The zero-order valence-electron chi connectivity index (χ0n) is 24.5. The van der Waals surface area contributed by atoms with Gasteiger partial charge in [0.25, 0.3) is 0 Å². The number of ether oxygens (including phenoxy) is 2. The van der Waals surface area contributed by atoms with Gasteiger partial charge in [0, 0.05) is 55.9 Å². The van der Waals surface area contributed by atoms with Crippen LogP contribution in [0, 0.1) is 11.7 Å². The fourth-order valence-corrected chi connectivity index (χ4v) is 4.71. The van der Waals surface area contributed by atoms with Crippen molar-refractivity contribution in [3.05, 3.63) is 59.7 Å². The van der Waals surface area contributed by atoms with E-state index in [-0.39, 0.29) is 17.0 Å².